The molecule has 0 aliphatic heterocycles. The third-order valence-electron chi connectivity index (χ3n) is 4.12. The molecule has 1 aromatic carbocycles. The summed E-state index contributed by atoms with van der Waals surface area (Å²) in [6, 6.07) is 2.65. The number of aromatic hydroxyl groups is 1. The maximum atomic E-state index is 12.0. The van der Waals surface area contributed by atoms with Gasteiger partial charge < -0.3 is 10.1 Å². The van der Waals surface area contributed by atoms with Gasteiger partial charge in [-0.25, -0.2) is 4.79 Å². The summed E-state index contributed by atoms with van der Waals surface area (Å²) in [6.07, 6.45) is 2.37. The highest BCUT2D eigenvalue weighted by Gasteiger charge is 2.22. The lowest BCUT2D eigenvalue weighted by Gasteiger charge is -2.01. The van der Waals surface area contributed by atoms with Gasteiger partial charge in [0.05, 0.1) is 26.4 Å². The molecule has 2 aromatic heterocycles. The maximum absolute atomic E-state index is 12.0. The number of H-pyrrole nitrogens is 1. The lowest BCUT2D eigenvalue weighted by molar-refractivity contribution is -0.387. The lowest BCUT2D eigenvalue weighted by atomic mass is 10.1. The van der Waals surface area contributed by atoms with E-state index in [9.17, 15) is 34.9 Å². The van der Waals surface area contributed by atoms with E-state index >= 15 is 0 Å². The van der Waals surface area contributed by atoms with Crippen molar-refractivity contribution in [3.05, 3.63) is 64.6 Å². The van der Waals surface area contributed by atoms with Crippen LogP contribution in [0.25, 0.3) is 23.2 Å². The number of aromatic nitrogens is 4. The van der Waals surface area contributed by atoms with Crippen molar-refractivity contribution in [1.82, 2.24) is 19.1 Å². The van der Waals surface area contributed by atoms with E-state index in [0.717, 1.165) is 6.08 Å². The quantitative estimate of drug-likeness (QED) is 0.483. The average molecular weight is 388 g/mol. The molecule has 3 aromatic rings. The molecule has 0 bridgehead atoms. The molecule has 0 aliphatic rings. The van der Waals surface area contributed by atoms with Crippen LogP contribution in [-0.4, -0.2) is 34.1 Å². The minimum atomic E-state index is -1.17. The van der Waals surface area contributed by atoms with Crippen LogP contribution in [0, 0.1) is 20.2 Å². The predicted octanol–water partition coefficient (Wildman–Crippen LogP) is 0.653. The molecule has 13 nitrogen and oxygen atoms in total. The van der Waals surface area contributed by atoms with E-state index in [2.05, 4.69) is 9.97 Å². The zero-order valence-electron chi connectivity index (χ0n) is 14.4. The highest BCUT2D eigenvalue weighted by atomic mass is 16.6. The van der Waals surface area contributed by atoms with E-state index in [1.165, 1.54) is 41.4 Å². The Kier molecular flexibility index (Phi) is 4.27. The first-order chi connectivity index (χ1) is 13.1. The normalized spacial score (nSPS) is 11.4. The predicted molar refractivity (Wildman–Crippen MR) is 96.9 cm³/mol. The Labute approximate surface area is 154 Å². The molecule has 0 atom stereocenters. The summed E-state index contributed by atoms with van der Waals surface area (Å²) in [4.78, 5) is 49.7. The maximum Gasteiger partial charge on any atom is 0.395 e. The number of hydrogen-bond donors (Lipinski definition) is 2. The number of nitrogens with zero attached hydrogens (tertiary/aromatic N) is 5. The highest BCUT2D eigenvalue weighted by Crippen LogP contribution is 2.27. The molecule has 0 spiro atoms. The van der Waals surface area contributed by atoms with Gasteiger partial charge in [0.15, 0.2) is 0 Å². The largest absolute Gasteiger partial charge is 0.488 e. The van der Waals surface area contributed by atoms with Crippen LogP contribution in [0.4, 0.5) is 11.4 Å². The molecule has 2 heterocycles. The van der Waals surface area contributed by atoms with Crippen molar-refractivity contribution in [2.45, 2.75) is 0 Å². The van der Waals surface area contributed by atoms with Gasteiger partial charge in [0.25, 0.3) is 11.6 Å². The summed E-state index contributed by atoms with van der Waals surface area (Å²) in [5, 5.41) is 31.6. The number of benzene rings is 1. The van der Waals surface area contributed by atoms with Crippen molar-refractivity contribution >= 4 is 34.6 Å². The number of rotatable bonds is 4. The third-order valence-corrected chi connectivity index (χ3v) is 4.12. The van der Waals surface area contributed by atoms with Crippen molar-refractivity contribution in [2.24, 2.45) is 14.1 Å². The van der Waals surface area contributed by atoms with Crippen LogP contribution >= 0.6 is 0 Å². The Bertz CT molecular complexity index is 1300. The number of nitro benzene ring substituents is 1. The Balaban J connectivity index is 2.16. The number of hydrogen-bond acceptors (Lipinski definition) is 8. The van der Waals surface area contributed by atoms with Crippen molar-refractivity contribution in [3.63, 3.8) is 0 Å². The zero-order valence-corrected chi connectivity index (χ0v) is 14.4. The third kappa shape index (κ3) is 2.90. The van der Waals surface area contributed by atoms with Gasteiger partial charge in [-0.1, -0.05) is 0 Å². The minimum absolute atomic E-state index is 0.0965. The molecule has 3 rings (SSSR count). The van der Waals surface area contributed by atoms with Gasteiger partial charge in [-0.15, -0.1) is 0 Å². The minimum Gasteiger partial charge on any atom is -0.488 e. The molecule has 0 saturated heterocycles. The van der Waals surface area contributed by atoms with Gasteiger partial charge in [0, 0.05) is 20.2 Å². The van der Waals surface area contributed by atoms with Gasteiger partial charge >= 0.3 is 16.9 Å². The van der Waals surface area contributed by atoms with E-state index in [1.807, 2.05) is 0 Å². The highest BCUT2D eigenvalue weighted by molar-refractivity contribution is 5.86. The van der Waals surface area contributed by atoms with Crippen molar-refractivity contribution in [1.29, 1.82) is 0 Å². The van der Waals surface area contributed by atoms with Crippen LogP contribution in [0.3, 0.4) is 0 Å². The monoisotopic (exact) mass is 388 g/mol. The molecule has 0 aliphatic carbocycles. The molecule has 2 N–H and O–H groups in total. The first kappa shape index (κ1) is 18.5. The molecular formula is C15H12N6O7. The van der Waals surface area contributed by atoms with Crippen LogP contribution in [0.1, 0.15) is 11.4 Å². The van der Waals surface area contributed by atoms with Crippen LogP contribution in [0.15, 0.2) is 21.7 Å². The second kappa shape index (κ2) is 6.46. The van der Waals surface area contributed by atoms with Crippen molar-refractivity contribution in [2.75, 3.05) is 0 Å². The molecule has 28 heavy (non-hydrogen) atoms. The fraction of sp³-hybridized carbons (Fsp3) is 0.133. The molecule has 0 fully saturated rings. The van der Waals surface area contributed by atoms with E-state index in [-0.39, 0.29) is 22.8 Å². The van der Waals surface area contributed by atoms with Gasteiger partial charge in [-0.05, 0) is 18.2 Å². The second-order valence-electron chi connectivity index (χ2n) is 5.77. The fourth-order valence-corrected chi connectivity index (χ4v) is 2.73. The van der Waals surface area contributed by atoms with E-state index < -0.39 is 27.0 Å². The van der Waals surface area contributed by atoms with Crippen molar-refractivity contribution in [3.8, 4) is 5.88 Å². The number of nitro groups is 2. The van der Waals surface area contributed by atoms with Gasteiger partial charge in [-0.3, -0.25) is 34.2 Å². The average Bonchev–Trinajstić information content (AvgIpc) is 2.82. The number of imidazole rings is 1. The molecule has 0 amide bonds. The summed E-state index contributed by atoms with van der Waals surface area (Å²) in [5.41, 5.74) is -2.06. The SMILES string of the molecule is Cn1c(=O)n(C)c2cc([N+](=O)[O-])c(C=Cc3nc(O)c([N+](=O)[O-])c(=O)[nH]3)cc21. The summed E-state index contributed by atoms with van der Waals surface area (Å²) < 4.78 is 2.58. The first-order valence-electron chi connectivity index (χ1n) is 7.61. The van der Waals surface area contributed by atoms with Crippen LogP contribution in [0.5, 0.6) is 5.88 Å². The zero-order chi connectivity index (χ0) is 20.7. The standard InChI is InChI=1S/C15H12N6O7/c1-18-9-5-7(8(20(25)26)6-10(9)19(2)15(18)24)3-4-11-16-13(22)12(21(27)28)14(23)17-11/h3-6H,1-2H3,(H2,16,17,22,23). The van der Waals surface area contributed by atoms with E-state index in [0.29, 0.717) is 11.0 Å². The van der Waals surface area contributed by atoms with Crippen molar-refractivity contribution < 1.29 is 15.0 Å². The van der Waals surface area contributed by atoms with Gasteiger partial charge in [-0.2, -0.15) is 4.98 Å². The summed E-state index contributed by atoms with van der Waals surface area (Å²) in [5.74, 6) is -1.33. The number of fused-ring (bicyclic) bond motifs is 1. The van der Waals surface area contributed by atoms with Crippen LogP contribution in [0.2, 0.25) is 0 Å². The number of nitrogens with one attached hydrogen (secondary N) is 1. The second-order valence-corrected chi connectivity index (χ2v) is 5.77. The van der Waals surface area contributed by atoms with Gasteiger partial charge in [0.1, 0.15) is 5.82 Å². The molecule has 0 unspecified atom stereocenters. The lowest BCUT2D eigenvalue weighted by Crippen LogP contribution is -2.19. The summed E-state index contributed by atoms with van der Waals surface area (Å²) in [7, 11) is 3.00. The summed E-state index contributed by atoms with van der Waals surface area (Å²) >= 11 is 0. The molecule has 0 radical (unpaired) electrons. The van der Waals surface area contributed by atoms with Gasteiger partial charge in [0.2, 0.25) is 0 Å². The topological polar surface area (TPSA) is 179 Å². The molecule has 144 valence electrons. The number of aromatic amines is 1. The Morgan fingerprint density at radius 3 is 2.21 bits per heavy atom. The first-order valence-corrected chi connectivity index (χ1v) is 7.61. The fourth-order valence-electron chi connectivity index (χ4n) is 2.73. The van der Waals surface area contributed by atoms with Crippen LogP contribution in [-0.2, 0) is 14.1 Å². The molecular weight excluding hydrogens is 376 g/mol. The number of aryl methyl sites for hydroxylation is 2. The Morgan fingerprint density at radius 1 is 1.07 bits per heavy atom. The molecule has 13 heteroatoms. The molecule has 0 saturated carbocycles. The Morgan fingerprint density at radius 2 is 1.68 bits per heavy atom. The smallest absolute Gasteiger partial charge is 0.395 e. The van der Waals surface area contributed by atoms with E-state index in [4.69, 9.17) is 0 Å². The van der Waals surface area contributed by atoms with E-state index in [1.54, 1.807) is 0 Å². The Hall–Kier alpha value is -4.29. The van der Waals surface area contributed by atoms with Crippen LogP contribution < -0.4 is 11.2 Å². The summed E-state index contributed by atoms with van der Waals surface area (Å²) in [6.45, 7) is 0.